The van der Waals surface area contributed by atoms with Gasteiger partial charge in [-0.1, -0.05) is 0 Å². The highest BCUT2D eigenvalue weighted by Crippen LogP contribution is 2.42. The predicted molar refractivity (Wildman–Crippen MR) is 103 cm³/mol. The smallest absolute Gasteiger partial charge is 0.303 e. The number of carbonyl (C=O) groups excluding carboxylic acids is 3. The van der Waals surface area contributed by atoms with Crippen LogP contribution in [0.1, 0.15) is 32.4 Å². The zero-order valence-electron chi connectivity index (χ0n) is 16.7. The second-order valence-electron chi connectivity index (χ2n) is 6.28. The molecule has 10 heteroatoms. The summed E-state index contributed by atoms with van der Waals surface area (Å²) < 4.78 is 33.4. The molecule has 0 amide bonds. The van der Waals surface area contributed by atoms with Gasteiger partial charge in [-0.2, -0.15) is 0 Å². The summed E-state index contributed by atoms with van der Waals surface area (Å²) >= 11 is 3.38. The summed E-state index contributed by atoms with van der Waals surface area (Å²) in [5.74, 6) is -0.888. The van der Waals surface area contributed by atoms with Gasteiger partial charge in [-0.3, -0.25) is 14.4 Å². The lowest BCUT2D eigenvalue weighted by atomic mass is 9.93. The van der Waals surface area contributed by atoms with Crippen molar-refractivity contribution in [2.45, 2.75) is 45.2 Å². The van der Waals surface area contributed by atoms with Crippen LogP contribution in [-0.4, -0.2) is 57.0 Å². The SMILES string of the molecule is COc1cc([C@@H]2OC[C@@H](OC(C)=O)[C@H](OC(C)=O)[C@H]2OC(C)=O)c(OC)cc1Br. The third-order valence-electron chi connectivity index (χ3n) is 4.16. The minimum atomic E-state index is -1.09. The van der Waals surface area contributed by atoms with E-state index in [4.69, 9.17) is 28.4 Å². The Kier molecular flexibility index (Phi) is 7.86. The van der Waals surface area contributed by atoms with Crippen LogP contribution in [0.3, 0.4) is 0 Å². The molecule has 1 fully saturated rings. The van der Waals surface area contributed by atoms with Gasteiger partial charge in [-0.05, 0) is 28.1 Å². The van der Waals surface area contributed by atoms with Crippen LogP contribution < -0.4 is 9.47 Å². The van der Waals surface area contributed by atoms with Crippen molar-refractivity contribution in [3.63, 3.8) is 0 Å². The van der Waals surface area contributed by atoms with E-state index in [1.54, 1.807) is 12.1 Å². The molecule has 0 aliphatic carbocycles. The third kappa shape index (κ3) is 5.60. The number of rotatable bonds is 6. The van der Waals surface area contributed by atoms with Crippen molar-refractivity contribution in [3.05, 3.63) is 22.2 Å². The van der Waals surface area contributed by atoms with Crippen LogP contribution in [0.2, 0.25) is 0 Å². The van der Waals surface area contributed by atoms with E-state index < -0.39 is 42.3 Å². The topological polar surface area (TPSA) is 107 Å². The molecule has 1 aromatic carbocycles. The Bertz CT molecular complexity index is 779. The number of hydrogen-bond acceptors (Lipinski definition) is 9. The Morgan fingerprint density at radius 1 is 0.897 bits per heavy atom. The average molecular weight is 475 g/mol. The number of benzene rings is 1. The van der Waals surface area contributed by atoms with Crippen molar-refractivity contribution in [1.82, 2.24) is 0 Å². The van der Waals surface area contributed by atoms with Crippen molar-refractivity contribution >= 4 is 33.8 Å². The van der Waals surface area contributed by atoms with Crippen molar-refractivity contribution in [2.75, 3.05) is 20.8 Å². The first-order chi connectivity index (χ1) is 13.7. The summed E-state index contributed by atoms with van der Waals surface area (Å²) in [6.07, 6.45) is -3.97. The molecule has 0 bridgehead atoms. The van der Waals surface area contributed by atoms with E-state index in [0.717, 1.165) is 0 Å². The molecule has 1 saturated heterocycles. The molecule has 0 spiro atoms. The summed E-state index contributed by atoms with van der Waals surface area (Å²) in [4.78, 5) is 35.0. The zero-order valence-corrected chi connectivity index (χ0v) is 18.3. The average Bonchev–Trinajstić information content (AvgIpc) is 2.63. The standard InChI is InChI=1S/C19H23BrO9/c1-9(21)27-16-8-26-17(19(29-11(3)23)18(16)28-10(2)22)12-6-15(25-5)13(20)7-14(12)24-4/h6-7,16-19H,8H2,1-5H3/t16-,17+,18+,19+/m1/s1. The third-order valence-corrected chi connectivity index (χ3v) is 4.78. The maximum atomic E-state index is 11.8. The molecule has 1 heterocycles. The first kappa shape index (κ1) is 23.0. The van der Waals surface area contributed by atoms with E-state index in [2.05, 4.69) is 15.9 Å². The van der Waals surface area contributed by atoms with Crippen LogP contribution in [0.25, 0.3) is 0 Å². The van der Waals surface area contributed by atoms with Crippen LogP contribution >= 0.6 is 15.9 Å². The molecule has 160 valence electrons. The van der Waals surface area contributed by atoms with Gasteiger partial charge in [0.1, 0.15) is 17.6 Å². The van der Waals surface area contributed by atoms with Crippen LogP contribution in [-0.2, 0) is 33.3 Å². The van der Waals surface area contributed by atoms with Crippen LogP contribution in [0.15, 0.2) is 16.6 Å². The van der Waals surface area contributed by atoms with E-state index in [-0.39, 0.29) is 6.61 Å². The molecule has 1 aromatic rings. The van der Waals surface area contributed by atoms with Crippen LogP contribution in [0, 0.1) is 0 Å². The maximum Gasteiger partial charge on any atom is 0.303 e. The molecular formula is C19H23BrO9. The molecule has 2 rings (SSSR count). The highest BCUT2D eigenvalue weighted by molar-refractivity contribution is 9.10. The number of hydrogen-bond donors (Lipinski definition) is 0. The van der Waals surface area contributed by atoms with Crippen molar-refractivity contribution in [2.24, 2.45) is 0 Å². The first-order valence-electron chi connectivity index (χ1n) is 8.72. The lowest BCUT2D eigenvalue weighted by Crippen LogP contribution is -2.54. The van der Waals surface area contributed by atoms with Gasteiger partial charge in [0, 0.05) is 26.3 Å². The Balaban J connectivity index is 2.54. The number of carbonyl (C=O) groups is 3. The monoisotopic (exact) mass is 474 g/mol. The van der Waals surface area contributed by atoms with E-state index in [9.17, 15) is 14.4 Å². The molecule has 0 unspecified atom stereocenters. The number of esters is 3. The Hall–Kier alpha value is -2.33. The molecule has 0 radical (unpaired) electrons. The van der Waals surface area contributed by atoms with Gasteiger partial charge in [0.2, 0.25) is 0 Å². The van der Waals surface area contributed by atoms with Gasteiger partial charge in [-0.25, -0.2) is 0 Å². The molecule has 29 heavy (non-hydrogen) atoms. The van der Waals surface area contributed by atoms with E-state index in [1.807, 2.05) is 0 Å². The molecule has 9 nitrogen and oxygen atoms in total. The van der Waals surface area contributed by atoms with E-state index in [0.29, 0.717) is 21.5 Å². The maximum absolute atomic E-state index is 11.8. The summed E-state index contributed by atoms with van der Waals surface area (Å²) in [5.41, 5.74) is 0.511. The second-order valence-corrected chi connectivity index (χ2v) is 7.13. The summed E-state index contributed by atoms with van der Waals surface area (Å²) in [6, 6.07) is 3.35. The minimum absolute atomic E-state index is 0.0819. The molecule has 1 aliphatic heterocycles. The summed E-state index contributed by atoms with van der Waals surface area (Å²) in [5, 5.41) is 0. The lowest BCUT2D eigenvalue weighted by molar-refractivity contribution is -0.227. The fourth-order valence-corrected chi connectivity index (χ4v) is 3.60. The van der Waals surface area contributed by atoms with Crippen molar-refractivity contribution in [1.29, 1.82) is 0 Å². The summed E-state index contributed by atoms with van der Waals surface area (Å²) in [7, 11) is 2.98. The second kappa shape index (κ2) is 9.93. The molecule has 4 atom stereocenters. The molecule has 0 saturated carbocycles. The molecule has 0 N–H and O–H groups in total. The van der Waals surface area contributed by atoms with E-state index >= 15 is 0 Å². The fraction of sp³-hybridized carbons (Fsp3) is 0.526. The quantitative estimate of drug-likeness (QED) is 0.453. The van der Waals surface area contributed by atoms with Crippen LogP contribution in [0.4, 0.5) is 0 Å². The zero-order chi connectivity index (χ0) is 21.7. The van der Waals surface area contributed by atoms with Gasteiger partial charge >= 0.3 is 17.9 Å². The van der Waals surface area contributed by atoms with Gasteiger partial charge in [-0.15, -0.1) is 0 Å². The van der Waals surface area contributed by atoms with Crippen molar-refractivity contribution < 1.29 is 42.8 Å². The normalized spacial score (nSPS) is 23.7. The minimum Gasteiger partial charge on any atom is -0.496 e. The van der Waals surface area contributed by atoms with Crippen molar-refractivity contribution in [3.8, 4) is 11.5 Å². The van der Waals surface area contributed by atoms with Gasteiger partial charge in [0.25, 0.3) is 0 Å². The number of methoxy groups -OCH3 is 2. The highest BCUT2D eigenvalue weighted by atomic mass is 79.9. The number of ether oxygens (including phenoxy) is 6. The largest absolute Gasteiger partial charge is 0.496 e. The van der Waals surface area contributed by atoms with E-state index in [1.165, 1.54) is 35.0 Å². The lowest BCUT2D eigenvalue weighted by Gasteiger charge is -2.41. The van der Waals surface area contributed by atoms with Gasteiger partial charge < -0.3 is 28.4 Å². The summed E-state index contributed by atoms with van der Waals surface area (Å²) in [6.45, 7) is 3.57. The fourth-order valence-electron chi connectivity index (χ4n) is 3.11. The Morgan fingerprint density at radius 3 is 1.97 bits per heavy atom. The Labute approximate surface area is 176 Å². The first-order valence-corrected chi connectivity index (χ1v) is 9.51. The predicted octanol–water partition coefficient (Wildman–Crippen LogP) is 2.33. The Morgan fingerprint density at radius 2 is 1.45 bits per heavy atom. The highest BCUT2D eigenvalue weighted by Gasteiger charge is 2.48. The molecular weight excluding hydrogens is 452 g/mol. The number of halogens is 1. The molecule has 1 aliphatic rings. The van der Waals surface area contributed by atoms with Gasteiger partial charge in [0.15, 0.2) is 18.3 Å². The van der Waals surface area contributed by atoms with Gasteiger partial charge in [0.05, 0.1) is 25.3 Å². The molecule has 0 aromatic heterocycles. The van der Waals surface area contributed by atoms with Crippen LogP contribution in [0.5, 0.6) is 11.5 Å².